The Hall–Kier alpha value is -3.38. The van der Waals surface area contributed by atoms with Crippen molar-refractivity contribution in [2.45, 2.75) is 38.8 Å². The molecule has 33 heavy (non-hydrogen) atoms. The molecule has 0 radical (unpaired) electrons. The van der Waals surface area contributed by atoms with Crippen molar-refractivity contribution in [3.63, 3.8) is 0 Å². The molecule has 3 rings (SSSR count). The van der Waals surface area contributed by atoms with Crippen molar-refractivity contribution in [2.75, 3.05) is 6.61 Å². The normalized spacial score (nSPS) is 12.0. The van der Waals surface area contributed by atoms with E-state index in [0.717, 1.165) is 11.1 Å². The smallest absolute Gasteiger partial charge is 0.408 e. The Morgan fingerprint density at radius 1 is 1.18 bits per heavy atom. The van der Waals surface area contributed by atoms with Crippen LogP contribution in [0.15, 0.2) is 67.5 Å². The van der Waals surface area contributed by atoms with Gasteiger partial charge in [-0.15, -0.1) is 0 Å². The number of alkyl carbamates (subject to hydrolysis) is 1. The highest BCUT2D eigenvalue weighted by atomic mass is 35.5. The van der Waals surface area contributed by atoms with Gasteiger partial charge in [-0.05, 0) is 56.5 Å². The van der Waals surface area contributed by atoms with Crippen molar-refractivity contribution >= 4 is 23.8 Å². The second kappa shape index (κ2) is 11.0. The van der Waals surface area contributed by atoms with E-state index in [2.05, 4.69) is 21.9 Å². The molecule has 0 aliphatic rings. The second-order valence-corrected chi connectivity index (χ2v) is 8.89. The highest BCUT2D eigenvalue weighted by Gasteiger charge is 2.21. The summed E-state index contributed by atoms with van der Waals surface area (Å²) in [6.45, 7) is 9.48. The molecule has 2 heterocycles. The van der Waals surface area contributed by atoms with Gasteiger partial charge in [0, 0.05) is 11.8 Å². The van der Waals surface area contributed by atoms with Gasteiger partial charge in [0.15, 0.2) is 0 Å². The van der Waals surface area contributed by atoms with Gasteiger partial charge in [0.1, 0.15) is 23.1 Å². The van der Waals surface area contributed by atoms with Crippen LogP contribution in [0.1, 0.15) is 31.9 Å². The minimum atomic E-state index is -0.593. The lowest BCUT2D eigenvalue weighted by atomic mass is 10.1. The Morgan fingerprint density at radius 3 is 2.64 bits per heavy atom. The third-order valence-electron chi connectivity index (χ3n) is 4.61. The summed E-state index contributed by atoms with van der Waals surface area (Å²) < 4.78 is 11.4. The summed E-state index contributed by atoms with van der Waals surface area (Å²) in [5, 5.41) is 3.23. The molecule has 7 heteroatoms. The van der Waals surface area contributed by atoms with Crippen molar-refractivity contribution in [1.29, 1.82) is 0 Å². The predicted octanol–water partition coefficient (Wildman–Crippen LogP) is 5.95. The number of halogens is 1. The maximum absolute atomic E-state index is 12.4. The highest BCUT2D eigenvalue weighted by Crippen LogP contribution is 2.29. The van der Waals surface area contributed by atoms with Crippen LogP contribution >= 0.6 is 11.6 Å². The number of rotatable bonds is 8. The van der Waals surface area contributed by atoms with Gasteiger partial charge in [-0.2, -0.15) is 0 Å². The van der Waals surface area contributed by atoms with Crippen LogP contribution in [0.25, 0.3) is 17.3 Å². The first kappa shape index (κ1) is 24.3. The summed E-state index contributed by atoms with van der Waals surface area (Å²) in [6.07, 6.45) is 5.07. The summed E-state index contributed by atoms with van der Waals surface area (Å²) in [4.78, 5) is 21.0. The fourth-order valence-electron chi connectivity index (χ4n) is 3.13. The monoisotopic (exact) mass is 465 g/mol. The van der Waals surface area contributed by atoms with Crippen molar-refractivity contribution in [2.24, 2.45) is 0 Å². The van der Waals surface area contributed by atoms with E-state index < -0.39 is 11.7 Å². The van der Waals surface area contributed by atoms with Crippen LogP contribution in [-0.4, -0.2) is 34.3 Å². The molecule has 0 aliphatic carbocycles. The average Bonchev–Trinajstić information content (AvgIpc) is 2.77. The topological polar surface area (TPSA) is 73.3 Å². The molecule has 172 valence electrons. The molecule has 0 saturated heterocycles. The number of carbonyl (C=O) groups excluding carboxylic acids is 1. The van der Waals surface area contributed by atoms with E-state index in [9.17, 15) is 4.79 Å². The van der Waals surface area contributed by atoms with Crippen LogP contribution in [0.4, 0.5) is 4.79 Å². The van der Waals surface area contributed by atoms with Gasteiger partial charge in [-0.3, -0.25) is 4.98 Å². The molecule has 0 fully saturated rings. The van der Waals surface area contributed by atoms with Crippen LogP contribution in [-0.2, 0) is 11.2 Å². The average molecular weight is 466 g/mol. The Morgan fingerprint density at radius 2 is 1.94 bits per heavy atom. The number of amides is 1. The minimum Gasteiger partial charge on any atom is -0.490 e. The number of aromatic nitrogens is 2. The minimum absolute atomic E-state index is 0.219. The number of pyridine rings is 2. The van der Waals surface area contributed by atoms with Crippen molar-refractivity contribution < 1.29 is 14.3 Å². The molecule has 2 aromatic heterocycles. The molecule has 1 N–H and O–H groups in total. The quantitative estimate of drug-likeness (QED) is 0.416. The first-order valence-electron chi connectivity index (χ1n) is 10.6. The van der Waals surface area contributed by atoms with Gasteiger partial charge in [-0.25, -0.2) is 9.78 Å². The first-order valence-corrected chi connectivity index (χ1v) is 11.0. The molecule has 1 aromatic carbocycles. The third-order valence-corrected chi connectivity index (χ3v) is 4.91. The number of nitrogens with one attached hydrogen (secondary N) is 1. The molecular formula is C26H28ClN3O3. The lowest BCUT2D eigenvalue weighted by Crippen LogP contribution is -2.43. The molecule has 6 nitrogen and oxygen atoms in total. The van der Waals surface area contributed by atoms with E-state index in [-0.39, 0.29) is 12.6 Å². The van der Waals surface area contributed by atoms with E-state index in [4.69, 9.17) is 21.1 Å². The van der Waals surface area contributed by atoms with Crippen molar-refractivity contribution in [1.82, 2.24) is 15.3 Å². The largest absolute Gasteiger partial charge is 0.490 e. The fourth-order valence-corrected chi connectivity index (χ4v) is 3.33. The number of hydrogen-bond donors (Lipinski definition) is 1. The molecule has 3 aromatic rings. The zero-order valence-corrected chi connectivity index (χ0v) is 19.8. The van der Waals surface area contributed by atoms with Crippen LogP contribution in [0.5, 0.6) is 5.75 Å². The molecule has 1 atom stereocenters. The summed E-state index contributed by atoms with van der Waals surface area (Å²) in [6, 6.07) is 15.1. The molecule has 0 bridgehead atoms. The third kappa shape index (κ3) is 7.61. The molecular weight excluding hydrogens is 438 g/mol. The number of nitrogens with zero attached hydrogens (tertiary/aromatic N) is 2. The molecule has 0 unspecified atom stereocenters. The lowest BCUT2D eigenvalue weighted by molar-refractivity contribution is 0.0487. The van der Waals surface area contributed by atoms with Gasteiger partial charge >= 0.3 is 6.09 Å². The van der Waals surface area contributed by atoms with Crippen molar-refractivity contribution in [3.05, 3.63) is 83.8 Å². The van der Waals surface area contributed by atoms with E-state index in [1.807, 2.05) is 63.2 Å². The van der Waals surface area contributed by atoms with E-state index in [0.29, 0.717) is 28.6 Å². The highest BCUT2D eigenvalue weighted by molar-refractivity contribution is 6.32. The second-order valence-electron chi connectivity index (χ2n) is 8.53. The van der Waals surface area contributed by atoms with E-state index >= 15 is 0 Å². The van der Waals surface area contributed by atoms with Crippen LogP contribution in [0.3, 0.4) is 0 Å². The Balaban J connectivity index is 1.76. The summed E-state index contributed by atoms with van der Waals surface area (Å²) >= 11 is 6.32. The maximum atomic E-state index is 12.4. The number of hydrogen-bond acceptors (Lipinski definition) is 5. The number of benzene rings is 1. The van der Waals surface area contributed by atoms with Crippen LogP contribution in [0.2, 0.25) is 5.15 Å². The van der Waals surface area contributed by atoms with E-state index in [1.54, 1.807) is 24.5 Å². The van der Waals surface area contributed by atoms with Crippen molar-refractivity contribution in [3.8, 4) is 17.0 Å². The van der Waals surface area contributed by atoms with Gasteiger partial charge in [0.05, 0.1) is 17.9 Å². The number of ether oxygens (including phenoxy) is 2. The van der Waals surface area contributed by atoms with Crippen LogP contribution < -0.4 is 10.1 Å². The van der Waals surface area contributed by atoms with Gasteiger partial charge in [0.2, 0.25) is 0 Å². The van der Waals surface area contributed by atoms with E-state index in [1.165, 1.54) is 0 Å². The van der Waals surface area contributed by atoms with Crippen LogP contribution in [0, 0.1) is 0 Å². The Labute approximate surface area is 199 Å². The first-order chi connectivity index (χ1) is 15.7. The zero-order valence-electron chi connectivity index (χ0n) is 19.0. The summed E-state index contributed by atoms with van der Waals surface area (Å²) in [5.74, 6) is 0.518. The standard InChI is InChI=1S/C26H28ClN3O3/c1-5-18-11-12-28-23(14-18)22-15-21(16-29-24(22)27)32-17-20(13-19-9-7-6-8-10-19)30-25(31)33-26(2,3)4/h5-12,14-16,20H,1,13,17H2,2-4H3,(H,30,31)/t20-/m0/s1. The number of carbonyl (C=O) groups is 1. The Bertz CT molecular complexity index is 1100. The molecule has 0 saturated carbocycles. The summed E-state index contributed by atoms with van der Waals surface area (Å²) in [7, 11) is 0. The fraction of sp³-hybridized carbons (Fsp3) is 0.269. The predicted molar refractivity (Wildman–Crippen MR) is 131 cm³/mol. The van der Waals surface area contributed by atoms with Gasteiger partial charge in [-0.1, -0.05) is 54.6 Å². The molecule has 0 spiro atoms. The van der Waals surface area contributed by atoms with Gasteiger partial charge < -0.3 is 14.8 Å². The SMILES string of the molecule is C=Cc1ccnc(-c2cc(OC[C@H](Cc3ccccc3)NC(=O)OC(C)(C)C)cnc2Cl)c1. The lowest BCUT2D eigenvalue weighted by Gasteiger charge is -2.24. The van der Waals surface area contributed by atoms with Gasteiger partial charge in [0.25, 0.3) is 0 Å². The molecule has 1 amide bonds. The maximum Gasteiger partial charge on any atom is 0.408 e. The Kier molecular flexibility index (Phi) is 8.06. The zero-order chi connectivity index (χ0) is 23.8. The molecule has 0 aliphatic heterocycles. The summed E-state index contributed by atoms with van der Waals surface area (Å²) in [5.41, 5.74) is 2.72.